The van der Waals surface area contributed by atoms with Gasteiger partial charge in [-0.05, 0) is 74.6 Å². The molecule has 0 spiro atoms. The molecule has 2 aromatic carbocycles. The van der Waals surface area contributed by atoms with Crippen molar-refractivity contribution >= 4 is 11.6 Å². The highest BCUT2D eigenvalue weighted by molar-refractivity contribution is 5.73. The van der Waals surface area contributed by atoms with Gasteiger partial charge in [0.25, 0.3) is 0 Å². The van der Waals surface area contributed by atoms with Crippen LogP contribution in [0.2, 0.25) is 0 Å². The highest BCUT2D eigenvalue weighted by Gasteiger charge is 2.41. The third kappa shape index (κ3) is 6.78. The van der Waals surface area contributed by atoms with Gasteiger partial charge in [-0.25, -0.2) is 0 Å². The number of hydrogen-bond acceptors (Lipinski definition) is 6. The van der Waals surface area contributed by atoms with Crippen LogP contribution in [0.4, 0.5) is 5.69 Å². The normalized spacial score (nSPS) is 22.8. The Balaban J connectivity index is 1.42. The predicted octanol–water partition coefficient (Wildman–Crippen LogP) is 2.92. The summed E-state index contributed by atoms with van der Waals surface area (Å²) in [5.74, 6) is 0.653. The number of nitrogens with zero attached hydrogens (tertiary/aromatic N) is 3. The molecule has 2 N–H and O–H groups in total. The van der Waals surface area contributed by atoms with Gasteiger partial charge in [-0.3, -0.25) is 9.69 Å². The topological polar surface area (TPSA) is 76.5 Å². The zero-order chi connectivity index (χ0) is 25.9. The molecule has 2 fully saturated rings. The minimum atomic E-state index is -1.24. The lowest BCUT2D eigenvalue weighted by Crippen LogP contribution is -2.55. The van der Waals surface area contributed by atoms with Crippen LogP contribution in [0, 0.1) is 20.8 Å². The monoisotopic (exact) mass is 495 g/mol. The summed E-state index contributed by atoms with van der Waals surface area (Å²) in [6.45, 7) is 11.5. The van der Waals surface area contributed by atoms with E-state index in [9.17, 15) is 15.0 Å². The first-order valence-corrected chi connectivity index (χ1v) is 13.0. The van der Waals surface area contributed by atoms with Crippen molar-refractivity contribution in [3.63, 3.8) is 0 Å². The van der Waals surface area contributed by atoms with Gasteiger partial charge < -0.3 is 24.7 Å². The van der Waals surface area contributed by atoms with Gasteiger partial charge in [-0.1, -0.05) is 18.2 Å². The summed E-state index contributed by atoms with van der Waals surface area (Å²) in [7, 11) is 0. The molecule has 36 heavy (non-hydrogen) atoms. The zero-order valence-electron chi connectivity index (χ0n) is 22.2. The number of carbonyl (C=O) groups excluding carboxylic acids is 1. The van der Waals surface area contributed by atoms with E-state index in [0.29, 0.717) is 44.8 Å². The molecule has 0 saturated carbocycles. The zero-order valence-corrected chi connectivity index (χ0v) is 22.2. The maximum Gasteiger partial charge on any atom is 0.219 e. The minimum Gasteiger partial charge on any atom is -0.490 e. The fourth-order valence-corrected chi connectivity index (χ4v) is 5.55. The second kappa shape index (κ2) is 10.8. The molecule has 2 aromatic rings. The van der Waals surface area contributed by atoms with Gasteiger partial charge in [0.05, 0.1) is 12.1 Å². The molecule has 2 saturated heterocycles. The lowest BCUT2D eigenvalue weighted by molar-refractivity contribution is -0.132. The van der Waals surface area contributed by atoms with Gasteiger partial charge in [-0.2, -0.15) is 0 Å². The molecule has 0 aliphatic carbocycles. The first-order valence-electron chi connectivity index (χ1n) is 13.0. The number of hydrogen-bond donors (Lipinski definition) is 2. The molecule has 1 atom stereocenters. The third-order valence-corrected chi connectivity index (χ3v) is 7.42. The first kappa shape index (κ1) is 26.5. The number of piperidine rings is 1. The van der Waals surface area contributed by atoms with E-state index in [1.807, 2.05) is 26.0 Å². The van der Waals surface area contributed by atoms with Crippen molar-refractivity contribution in [3.8, 4) is 5.75 Å². The van der Waals surface area contributed by atoms with Crippen LogP contribution in [0.3, 0.4) is 0 Å². The molecule has 1 unspecified atom stereocenters. The fourth-order valence-electron chi connectivity index (χ4n) is 5.55. The average Bonchev–Trinajstić information content (AvgIpc) is 2.96. The van der Waals surface area contributed by atoms with Crippen molar-refractivity contribution < 1.29 is 19.7 Å². The van der Waals surface area contributed by atoms with Crippen molar-refractivity contribution in [1.29, 1.82) is 0 Å². The molecule has 0 radical (unpaired) electrons. The Morgan fingerprint density at radius 1 is 0.889 bits per heavy atom. The quantitative estimate of drug-likeness (QED) is 0.642. The highest BCUT2D eigenvalue weighted by atomic mass is 16.5. The molecule has 196 valence electrons. The van der Waals surface area contributed by atoms with Gasteiger partial charge in [0, 0.05) is 51.9 Å². The Labute approximate surface area is 215 Å². The van der Waals surface area contributed by atoms with Crippen LogP contribution in [0.15, 0.2) is 42.5 Å². The number of ether oxygens (including phenoxy) is 1. The van der Waals surface area contributed by atoms with Crippen molar-refractivity contribution in [2.24, 2.45) is 0 Å². The van der Waals surface area contributed by atoms with Crippen LogP contribution in [0.5, 0.6) is 5.75 Å². The summed E-state index contributed by atoms with van der Waals surface area (Å²) in [6.07, 6.45) is 1.32. The molecule has 4 rings (SSSR count). The summed E-state index contributed by atoms with van der Waals surface area (Å²) < 4.78 is 6.05. The smallest absolute Gasteiger partial charge is 0.219 e. The number of aryl methyl sites for hydroxylation is 3. The summed E-state index contributed by atoms with van der Waals surface area (Å²) in [6, 6.07) is 14.5. The van der Waals surface area contributed by atoms with Crippen molar-refractivity contribution in [2.75, 3.05) is 57.3 Å². The van der Waals surface area contributed by atoms with Crippen LogP contribution in [-0.4, -0.2) is 89.5 Å². The predicted molar refractivity (Wildman–Crippen MR) is 143 cm³/mol. The number of rotatable bonds is 6. The lowest BCUT2D eigenvalue weighted by Gasteiger charge is -2.42. The Morgan fingerprint density at radius 2 is 1.58 bits per heavy atom. The van der Waals surface area contributed by atoms with E-state index in [0.717, 1.165) is 24.2 Å². The van der Waals surface area contributed by atoms with Crippen molar-refractivity contribution in [2.45, 2.75) is 51.7 Å². The second-order valence-electron chi connectivity index (χ2n) is 11.0. The van der Waals surface area contributed by atoms with Crippen molar-refractivity contribution in [1.82, 2.24) is 9.80 Å². The number of β-amino-alcohol motifs (C(OH)–C–C–N with tert-alkyl or cyclic N) is 2. The van der Waals surface area contributed by atoms with Crippen LogP contribution < -0.4 is 9.64 Å². The van der Waals surface area contributed by atoms with Gasteiger partial charge in [-0.15, -0.1) is 0 Å². The Bertz CT molecular complexity index is 1050. The number of aliphatic hydroxyl groups is 2. The summed E-state index contributed by atoms with van der Waals surface area (Å²) in [5, 5.41) is 23.1. The molecular weight excluding hydrogens is 454 g/mol. The molecule has 0 aromatic heterocycles. The lowest BCUT2D eigenvalue weighted by atomic mass is 9.90. The van der Waals surface area contributed by atoms with E-state index in [1.165, 1.54) is 18.2 Å². The summed E-state index contributed by atoms with van der Waals surface area (Å²) in [5.41, 5.74) is 2.56. The molecule has 0 bridgehead atoms. The average molecular weight is 496 g/mol. The van der Waals surface area contributed by atoms with Gasteiger partial charge in [0.1, 0.15) is 18.0 Å². The first-order chi connectivity index (χ1) is 17.0. The van der Waals surface area contributed by atoms with E-state index in [1.54, 1.807) is 4.90 Å². The maximum absolute atomic E-state index is 12.3. The van der Waals surface area contributed by atoms with Crippen LogP contribution in [-0.2, 0) is 4.79 Å². The van der Waals surface area contributed by atoms with E-state index >= 15 is 0 Å². The SMILES string of the molecule is CC(=O)N1CCN(CC2(O)CCN(c3cccc(C)c3)CC2)CC(O)(COc2cc(C)cc(C)c2)C1. The van der Waals surface area contributed by atoms with Crippen molar-refractivity contribution in [3.05, 3.63) is 59.2 Å². The highest BCUT2D eigenvalue weighted by Crippen LogP contribution is 2.29. The molecule has 7 heteroatoms. The van der Waals surface area contributed by atoms with E-state index in [-0.39, 0.29) is 19.1 Å². The van der Waals surface area contributed by atoms with E-state index in [2.05, 4.69) is 47.1 Å². The molecule has 2 heterocycles. The Hall–Kier alpha value is -2.61. The molecule has 2 aliphatic rings. The van der Waals surface area contributed by atoms with Crippen LogP contribution in [0.1, 0.15) is 36.5 Å². The standard InChI is InChI=1S/C29H41N3O4/c1-22-6-5-7-26(15-22)31-10-8-28(34,9-11-31)18-30-12-13-32(25(4)33)20-29(35,19-30)21-36-27-16-23(2)14-24(3)17-27/h5-7,14-17,34-35H,8-13,18-21H2,1-4H3. The van der Waals surface area contributed by atoms with E-state index < -0.39 is 11.2 Å². The van der Waals surface area contributed by atoms with Crippen LogP contribution in [0.25, 0.3) is 0 Å². The molecular formula is C29H41N3O4. The number of amides is 1. The molecule has 2 aliphatic heterocycles. The largest absolute Gasteiger partial charge is 0.490 e. The fraction of sp³-hybridized carbons (Fsp3) is 0.552. The van der Waals surface area contributed by atoms with Crippen LogP contribution >= 0.6 is 0 Å². The van der Waals surface area contributed by atoms with Gasteiger partial charge in [0.15, 0.2) is 0 Å². The van der Waals surface area contributed by atoms with E-state index in [4.69, 9.17) is 4.74 Å². The summed E-state index contributed by atoms with van der Waals surface area (Å²) in [4.78, 5) is 18.4. The number of benzene rings is 2. The second-order valence-corrected chi connectivity index (χ2v) is 11.0. The third-order valence-electron chi connectivity index (χ3n) is 7.42. The maximum atomic E-state index is 12.3. The number of carbonyl (C=O) groups is 1. The minimum absolute atomic E-state index is 0.0631. The molecule has 1 amide bonds. The Morgan fingerprint density at radius 3 is 2.22 bits per heavy atom. The summed E-state index contributed by atoms with van der Waals surface area (Å²) >= 11 is 0. The van der Waals surface area contributed by atoms with Gasteiger partial charge >= 0.3 is 0 Å². The Kier molecular flexibility index (Phi) is 7.93. The number of anilines is 1. The molecule has 7 nitrogen and oxygen atoms in total. The van der Waals surface area contributed by atoms with Gasteiger partial charge in [0.2, 0.25) is 5.91 Å².